The van der Waals surface area contributed by atoms with Crippen molar-refractivity contribution in [3.8, 4) is 0 Å². The van der Waals surface area contributed by atoms with Gasteiger partial charge in [0.1, 0.15) is 0 Å². The lowest BCUT2D eigenvalue weighted by atomic mass is 10.1. The van der Waals surface area contributed by atoms with E-state index in [-0.39, 0.29) is 11.3 Å². The molecular formula is C13H17NO4S. The fourth-order valence-electron chi connectivity index (χ4n) is 1.54. The highest BCUT2D eigenvalue weighted by Gasteiger charge is 2.19. The maximum absolute atomic E-state index is 11.0. The summed E-state index contributed by atoms with van der Waals surface area (Å²) in [6.07, 6.45) is 0.981. The van der Waals surface area contributed by atoms with Gasteiger partial charge < -0.3 is 5.11 Å². The van der Waals surface area contributed by atoms with Crippen molar-refractivity contribution in [3.63, 3.8) is 0 Å². The van der Waals surface area contributed by atoms with Gasteiger partial charge in [-0.3, -0.25) is 10.1 Å². The third-order valence-electron chi connectivity index (χ3n) is 2.73. The minimum atomic E-state index is -1.14. The van der Waals surface area contributed by atoms with Gasteiger partial charge in [0.25, 0.3) is 5.69 Å². The van der Waals surface area contributed by atoms with Crippen molar-refractivity contribution in [2.45, 2.75) is 32.1 Å². The van der Waals surface area contributed by atoms with Crippen molar-refractivity contribution in [2.24, 2.45) is 5.92 Å². The number of hydrogen-bond donors (Lipinski definition) is 1. The Morgan fingerprint density at radius 2 is 2.11 bits per heavy atom. The van der Waals surface area contributed by atoms with Crippen molar-refractivity contribution in [3.05, 3.63) is 33.4 Å². The van der Waals surface area contributed by atoms with Crippen molar-refractivity contribution < 1.29 is 14.8 Å². The average Bonchev–Trinajstić information content (AvgIpc) is 2.30. The maximum Gasteiger partial charge on any atom is 0.335 e. The second kappa shape index (κ2) is 6.56. The van der Waals surface area contributed by atoms with Gasteiger partial charge in [0.2, 0.25) is 0 Å². The second-order valence-corrected chi connectivity index (χ2v) is 5.85. The molecule has 0 saturated carbocycles. The minimum absolute atomic E-state index is 0.0376. The molecule has 1 aromatic carbocycles. The molecule has 0 aromatic heterocycles. The Morgan fingerprint density at radius 1 is 1.47 bits per heavy atom. The van der Waals surface area contributed by atoms with E-state index in [4.69, 9.17) is 5.11 Å². The zero-order chi connectivity index (χ0) is 14.6. The molecule has 0 fully saturated rings. The molecule has 0 saturated heterocycles. The number of hydrogen-bond acceptors (Lipinski definition) is 4. The summed E-state index contributed by atoms with van der Waals surface area (Å²) in [5.74, 6) is 0.220. The Balaban J connectivity index is 3.07. The molecule has 104 valence electrons. The summed E-state index contributed by atoms with van der Waals surface area (Å²) in [4.78, 5) is 22.1. The van der Waals surface area contributed by atoms with Crippen LogP contribution in [0.4, 0.5) is 5.69 Å². The van der Waals surface area contributed by atoms with Crippen LogP contribution in [0.25, 0.3) is 0 Å². The van der Waals surface area contributed by atoms with Gasteiger partial charge in [-0.2, -0.15) is 0 Å². The van der Waals surface area contributed by atoms with E-state index < -0.39 is 10.9 Å². The lowest BCUT2D eigenvalue weighted by molar-refractivity contribution is -0.385. The highest BCUT2D eigenvalue weighted by molar-refractivity contribution is 7.99. The number of thioether (sulfide) groups is 1. The lowest BCUT2D eigenvalue weighted by Gasteiger charge is -2.09. The molecule has 0 radical (unpaired) electrons. The van der Waals surface area contributed by atoms with Crippen molar-refractivity contribution in [1.29, 1.82) is 0 Å². The van der Waals surface area contributed by atoms with Crippen LogP contribution in [0.15, 0.2) is 17.0 Å². The first-order chi connectivity index (χ1) is 8.82. The van der Waals surface area contributed by atoms with Gasteiger partial charge in [-0.1, -0.05) is 13.8 Å². The summed E-state index contributed by atoms with van der Waals surface area (Å²) in [6.45, 7) is 5.86. The topological polar surface area (TPSA) is 80.4 Å². The third-order valence-corrected chi connectivity index (χ3v) is 3.90. The first-order valence-electron chi connectivity index (χ1n) is 5.98. The van der Waals surface area contributed by atoms with E-state index in [9.17, 15) is 14.9 Å². The fourth-order valence-corrected chi connectivity index (χ4v) is 2.88. The van der Waals surface area contributed by atoms with Gasteiger partial charge >= 0.3 is 5.97 Å². The number of carboxylic acid groups (broad SMARTS) is 1. The van der Waals surface area contributed by atoms with Gasteiger partial charge in [-0.25, -0.2) is 4.79 Å². The van der Waals surface area contributed by atoms with Gasteiger partial charge in [-0.15, -0.1) is 11.8 Å². The van der Waals surface area contributed by atoms with E-state index in [1.807, 2.05) is 0 Å². The molecule has 0 heterocycles. The minimum Gasteiger partial charge on any atom is -0.478 e. The normalized spacial score (nSPS) is 10.7. The molecule has 19 heavy (non-hydrogen) atoms. The molecular weight excluding hydrogens is 266 g/mol. The molecule has 1 N–H and O–H groups in total. The lowest BCUT2D eigenvalue weighted by Crippen LogP contribution is -2.02. The van der Waals surface area contributed by atoms with E-state index in [1.54, 1.807) is 6.92 Å². The first-order valence-corrected chi connectivity index (χ1v) is 6.96. The number of nitro groups is 1. The molecule has 1 rings (SSSR count). The predicted molar refractivity (Wildman–Crippen MR) is 75.0 cm³/mol. The van der Waals surface area contributed by atoms with Gasteiger partial charge in [0.05, 0.1) is 10.5 Å². The van der Waals surface area contributed by atoms with Gasteiger partial charge in [0.15, 0.2) is 0 Å². The summed E-state index contributed by atoms with van der Waals surface area (Å²) < 4.78 is 0. The predicted octanol–water partition coefficient (Wildman–Crippen LogP) is 3.74. The first kappa shape index (κ1) is 15.5. The molecule has 1 aromatic rings. The van der Waals surface area contributed by atoms with E-state index in [0.717, 1.165) is 18.2 Å². The van der Waals surface area contributed by atoms with Crippen LogP contribution in [0.1, 0.15) is 36.2 Å². The Morgan fingerprint density at radius 3 is 2.58 bits per heavy atom. The van der Waals surface area contributed by atoms with Gasteiger partial charge in [-0.05, 0) is 31.1 Å². The maximum atomic E-state index is 11.0. The fraction of sp³-hybridized carbons (Fsp3) is 0.462. The van der Waals surface area contributed by atoms with Gasteiger partial charge in [0, 0.05) is 16.5 Å². The number of nitro benzene ring substituents is 1. The van der Waals surface area contributed by atoms with Crippen LogP contribution >= 0.6 is 11.8 Å². The monoisotopic (exact) mass is 283 g/mol. The van der Waals surface area contributed by atoms with Crippen LogP contribution in [0, 0.1) is 23.0 Å². The molecule has 0 aliphatic carbocycles. The molecule has 0 unspecified atom stereocenters. The SMILES string of the molecule is Cc1c(SCCC(C)C)cc(C(=O)O)cc1[N+](=O)[O-]. The van der Waals surface area contributed by atoms with Crippen LogP contribution in [-0.2, 0) is 0 Å². The van der Waals surface area contributed by atoms with E-state index in [2.05, 4.69) is 13.8 Å². The molecule has 5 nitrogen and oxygen atoms in total. The van der Waals surface area contributed by atoms with Crippen LogP contribution in [0.2, 0.25) is 0 Å². The molecule has 0 spiro atoms. The molecule has 0 atom stereocenters. The number of aromatic carboxylic acids is 1. The summed E-state index contributed by atoms with van der Waals surface area (Å²) in [5, 5.41) is 19.9. The standard InChI is InChI=1S/C13H17NO4S/c1-8(2)4-5-19-12-7-10(13(15)16)6-11(9(12)3)14(17)18/h6-8H,4-5H2,1-3H3,(H,15,16). The van der Waals surface area contributed by atoms with E-state index in [0.29, 0.717) is 16.4 Å². The summed E-state index contributed by atoms with van der Waals surface area (Å²) in [6, 6.07) is 2.62. The smallest absolute Gasteiger partial charge is 0.335 e. The van der Waals surface area contributed by atoms with Crippen molar-refractivity contribution in [1.82, 2.24) is 0 Å². The zero-order valence-electron chi connectivity index (χ0n) is 11.2. The number of carboxylic acids is 1. The van der Waals surface area contributed by atoms with Crippen LogP contribution in [0.5, 0.6) is 0 Å². The molecule has 0 amide bonds. The molecule has 0 aliphatic rings. The van der Waals surface area contributed by atoms with E-state index in [1.165, 1.54) is 17.8 Å². The Bertz CT molecular complexity index is 500. The van der Waals surface area contributed by atoms with Crippen LogP contribution < -0.4 is 0 Å². The number of carbonyl (C=O) groups is 1. The highest BCUT2D eigenvalue weighted by Crippen LogP contribution is 2.32. The number of rotatable bonds is 6. The largest absolute Gasteiger partial charge is 0.478 e. The highest BCUT2D eigenvalue weighted by atomic mass is 32.2. The van der Waals surface area contributed by atoms with Crippen LogP contribution in [0.3, 0.4) is 0 Å². The number of benzene rings is 1. The van der Waals surface area contributed by atoms with Crippen LogP contribution in [-0.4, -0.2) is 21.8 Å². The second-order valence-electron chi connectivity index (χ2n) is 4.71. The van der Waals surface area contributed by atoms with Crippen molar-refractivity contribution >= 4 is 23.4 Å². The molecule has 0 bridgehead atoms. The van der Waals surface area contributed by atoms with Crippen molar-refractivity contribution in [2.75, 3.05) is 5.75 Å². The number of nitrogens with zero attached hydrogens (tertiary/aromatic N) is 1. The van der Waals surface area contributed by atoms with E-state index >= 15 is 0 Å². The quantitative estimate of drug-likeness (QED) is 0.488. The third kappa shape index (κ3) is 4.24. The molecule has 0 aliphatic heterocycles. The summed E-state index contributed by atoms with van der Waals surface area (Å²) >= 11 is 1.47. The summed E-state index contributed by atoms with van der Waals surface area (Å²) in [5.41, 5.74) is 0.361. The summed E-state index contributed by atoms with van der Waals surface area (Å²) in [7, 11) is 0. The molecule has 6 heteroatoms. The Labute approximate surface area is 116 Å². The Hall–Kier alpha value is -1.56. The Kier molecular flexibility index (Phi) is 5.35. The average molecular weight is 283 g/mol. The zero-order valence-corrected chi connectivity index (χ0v) is 12.0.